The van der Waals surface area contributed by atoms with Crippen LogP contribution in [0.2, 0.25) is 0 Å². The number of hydrogen-bond acceptors (Lipinski definition) is 3. The molecule has 15 heavy (non-hydrogen) atoms. The molecule has 0 aliphatic carbocycles. The van der Waals surface area contributed by atoms with Crippen molar-refractivity contribution in [2.45, 2.75) is 18.9 Å². The number of alkyl halides is 1. The lowest BCUT2D eigenvalue weighted by molar-refractivity contribution is -0.134. The number of amides is 4. The monoisotopic (exact) mass is 217 g/mol. The van der Waals surface area contributed by atoms with Crippen molar-refractivity contribution in [3.63, 3.8) is 0 Å². The highest BCUT2D eigenvalue weighted by Crippen LogP contribution is 2.03. The van der Waals surface area contributed by atoms with Gasteiger partial charge in [-0.3, -0.25) is 14.9 Å². The minimum absolute atomic E-state index is 0.0981. The number of nitrogens with one attached hydrogen (secondary N) is 3. The predicted octanol–water partition coefficient (Wildman–Crippen LogP) is -0.940. The minimum Gasteiger partial charge on any atom is -0.336 e. The molecule has 6 nitrogen and oxygen atoms in total. The Hall–Kier alpha value is -1.66. The molecule has 1 fully saturated rings. The van der Waals surface area contributed by atoms with Crippen LogP contribution in [0, 0.1) is 0 Å². The van der Waals surface area contributed by atoms with Gasteiger partial charge < -0.3 is 10.6 Å². The van der Waals surface area contributed by atoms with Crippen molar-refractivity contribution in [1.29, 1.82) is 0 Å². The van der Waals surface area contributed by atoms with Gasteiger partial charge in [0.05, 0.1) is 0 Å². The Labute approximate surface area is 85.6 Å². The van der Waals surface area contributed by atoms with Gasteiger partial charge in [0.1, 0.15) is 12.7 Å². The molecule has 1 unspecified atom stereocenters. The molecule has 1 aliphatic rings. The summed E-state index contributed by atoms with van der Waals surface area (Å²) >= 11 is 0. The third kappa shape index (κ3) is 3.53. The van der Waals surface area contributed by atoms with Crippen LogP contribution in [0.1, 0.15) is 12.8 Å². The Morgan fingerprint density at radius 1 is 1.53 bits per heavy atom. The number of piperidine rings is 1. The summed E-state index contributed by atoms with van der Waals surface area (Å²) in [5.74, 6) is -0.871. The SMILES string of the molecule is O=C1CCC(NC(=O)NCCF)C(=O)N1. The molecule has 0 aromatic carbocycles. The summed E-state index contributed by atoms with van der Waals surface area (Å²) in [5, 5.41) is 6.66. The smallest absolute Gasteiger partial charge is 0.315 e. The molecule has 1 atom stereocenters. The number of hydrogen-bond donors (Lipinski definition) is 3. The van der Waals surface area contributed by atoms with E-state index in [2.05, 4.69) is 16.0 Å². The van der Waals surface area contributed by atoms with Gasteiger partial charge in [-0.05, 0) is 6.42 Å². The van der Waals surface area contributed by atoms with Crippen LogP contribution in [-0.4, -0.2) is 37.1 Å². The van der Waals surface area contributed by atoms with Crippen molar-refractivity contribution < 1.29 is 18.8 Å². The lowest BCUT2D eigenvalue weighted by Crippen LogP contribution is -2.54. The van der Waals surface area contributed by atoms with Crippen molar-refractivity contribution in [3.8, 4) is 0 Å². The zero-order chi connectivity index (χ0) is 11.3. The maximum absolute atomic E-state index is 11.7. The van der Waals surface area contributed by atoms with E-state index < -0.39 is 24.7 Å². The van der Waals surface area contributed by atoms with Gasteiger partial charge in [0.2, 0.25) is 11.8 Å². The van der Waals surface area contributed by atoms with E-state index in [1.54, 1.807) is 0 Å². The van der Waals surface area contributed by atoms with Gasteiger partial charge in [-0.1, -0.05) is 0 Å². The largest absolute Gasteiger partial charge is 0.336 e. The van der Waals surface area contributed by atoms with Crippen molar-refractivity contribution >= 4 is 17.8 Å². The molecule has 0 spiro atoms. The van der Waals surface area contributed by atoms with E-state index in [0.717, 1.165) is 0 Å². The quantitative estimate of drug-likeness (QED) is 0.533. The molecule has 0 aromatic rings. The summed E-state index contributed by atoms with van der Waals surface area (Å²) in [4.78, 5) is 33.0. The highest BCUT2D eigenvalue weighted by Gasteiger charge is 2.27. The average molecular weight is 217 g/mol. The molecule has 1 aliphatic heterocycles. The Kier molecular flexibility index (Phi) is 4.02. The van der Waals surface area contributed by atoms with E-state index in [-0.39, 0.29) is 25.3 Å². The van der Waals surface area contributed by atoms with Gasteiger partial charge in [-0.25, -0.2) is 9.18 Å². The minimum atomic E-state index is -0.720. The summed E-state index contributed by atoms with van der Waals surface area (Å²) in [6.45, 7) is -0.762. The van der Waals surface area contributed by atoms with Gasteiger partial charge in [0, 0.05) is 13.0 Å². The van der Waals surface area contributed by atoms with Crippen molar-refractivity contribution in [2.75, 3.05) is 13.2 Å². The normalized spacial score (nSPS) is 20.7. The van der Waals surface area contributed by atoms with Crippen LogP contribution in [-0.2, 0) is 9.59 Å². The zero-order valence-corrected chi connectivity index (χ0v) is 8.01. The van der Waals surface area contributed by atoms with Gasteiger partial charge in [-0.2, -0.15) is 0 Å². The highest BCUT2D eigenvalue weighted by atomic mass is 19.1. The number of halogens is 1. The fraction of sp³-hybridized carbons (Fsp3) is 0.625. The number of urea groups is 1. The maximum Gasteiger partial charge on any atom is 0.315 e. The Balaban J connectivity index is 2.34. The van der Waals surface area contributed by atoms with Gasteiger partial charge in [0.15, 0.2) is 0 Å². The standard InChI is InChI=1S/C8H12FN3O3/c9-3-4-10-8(15)11-5-1-2-6(13)12-7(5)14/h5H,1-4H2,(H2,10,11,15)(H,12,13,14). The molecule has 3 N–H and O–H groups in total. The van der Waals surface area contributed by atoms with Gasteiger partial charge >= 0.3 is 6.03 Å². The van der Waals surface area contributed by atoms with E-state index in [9.17, 15) is 18.8 Å². The van der Waals surface area contributed by atoms with Crippen LogP contribution in [0.25, 0.3) is 0 Å². The molecule has 0 saturated carbocycles. The first kappa shape index (κ1) is 11.4. The van der Waals surface area contributed by atoms with Crippen LogP contribution in [0.3, 0.4) is 0 Å². The zero-order valence-electron chi connectivity index (χ0n) is 8.01. The molecule has 7 heteroatoms. The third-order valence-corrected chi connectivity index (χ3v) is 1.92. The van der Waals surface area contributed by atoms with E-state index in [4.69, 9.17) is 0 Å². The Bertz CT molecular complexity index is 282. The first-order chi connectivity index (χ1) is 7.13. The molecule has 84 valence electrons. The maximum atomic E-state index is 11.7. The topological polar surface area (TPSA) is 87.3 Å². The summed E-state index contributed by atoms with van der Waals surface area (Å²) in [6.07, 6.45) is 0.466. The van der Waals surface area contributed by atoms with Crippen molar-refractivity contribution in [3.05, 3.63) is 0 Å². The summed E-state index contributed by atoms with van der Waals surface area (Å²) in [5.41, 5.74) is 0. The average Bonchev–Trinajstić information content (AvgIpc) is 2.19. The highest BCUT2D eigenvalue weighted by molar-refractivity contribution is 6.01. The van der Waals surface area contributed by atoms with Crippen LogP contribution in [0.15, 0.2) is 0 Å². The number of imide groups is 1. The van der Waals surface area contributed by atoms with Crippen LogP contribution < -0.4 is 16.0 Å². The van der Waals surface area contributed by atoms with E-state index >= 15 is 0 Å². The Morgan fingerprint density at radius 3 is 2.87 bits per heavy atom. The first-order valence-electron chi connectivity index (χ1n) is 4.57. The number of carbonyl (C=O) groups excluding carboxylic acids is 3. The molecule has 4 amide bonds. The second-order valence-corrected chi connectivity index (χ2v) is 3.09. The van der Waals surface area contributed by atoms with E-state index in [0.29, 0.717) is 0 Å². The third-order valence-electron chi connectivity index (χ3n) is 1.92. The fourth-order valence-electron chi connectivity index (χ4n) is 1.20. The van der Waals surface area contributed by atoms with Crippen molar-refractivity contribution in [2.24, 2.45) is 0 Å². The van der Waals surface area contributed by atoms with Gasteiger partial charge in [0.25, 0.3) is 0 Å². The van der Waals surface area contributed by atoms with Crippen LogP contribution >= 0.6 is 0 Å². The van der Waals surface area contributed by atoms with Crippen LogP contribution in [0.5, 0.6) is 0 Å². The number of carbonyl (C=O) groups is 3. The molecule has 1 saturated heterocycles. The fourth-order valence-corrected chi connectivity index (χ4v) is 1.20. The van der Waals surface area contributed by atoms with Gasteiger partial charge in [-0.15, -0.1) is 0 Å². The first-order valence-corrected chi connectivity index (χ1v) is 4.57. The molecule has 0 radical (unpaired) electrons. The predicted molar refractivity (Wildman–Crippen MR) is 48.7 cm³/mol. The Morgan fingerprint density at radius 2 is 2.27 bits per heavy atom. The van der Waals surface area contributed by atoms with E-state index in [1.807, 2.05) is 0 Å². The molecule has 0 bridgehead atoms. The lowest BCUT2D eigenvalue weighted by Gasteiger charge is -2.21. The second kappa shape index (κ2) is 5.28. The second-order valence-electron chi connectivity index (χ2n) is 3.09. The van der Waals surface area contributed by atoms with Crippen LogP contribution in [0.4, 0.5) is 9.18 Å². The van der Waals surface area contributed by atoms with Crippen molar-refractivity contribution in [1.82, 2.24) is 16.0 Å². The molecular formula is C8H12FN3O3. The summed E-state index contributed by atoms with van der Waals surface area (Å²) < 4.78 is 11.7. The molecule has 1 rings (SSSR count). The molecule has 0 aromatic heterocycles. The summed E-state index contributed by atoms with van der Waals surface area (Å²) in [7, 11) is 0. The number of rotatable bonds is 3. The molecular weight excluding hydrogens is 205 g/mol. The lowest BCUT2D eigenvalue weighted by atomic mass is 10.1. The van der Waals surface area contributed by atoms with E-state index in [1.165, 1.54) is 0 Å². The molecule has 1 heterocycles. The summed E-state index contributed by atoms with van der Waals surface area (Å²) in [6, 6.07) is -1.33.